The highest BCUT2D eigenvalue weighted by Crippen LogP contribution is 2.32. The number of nitrogens with zero attached hydrogens (tertiary/aromatic N) is 1. The molecule has 0 unspecified atom stereocenters. The Labute approximate surface area is 121 Å². The second-order valence-electron chi connectivity index (χ2n) is 4.85. The topological polar surface area (TPSA) is 40.5 Å². The first kappa shape index (κ1) is 14.6. The molecule has 7 heteroatoms. The van der Waals surface area contributed by atoms with E-state index < -0.39 is 23.2 Å². The minimum Gasteiger partial charge on any atom is -0.386 e. The van der Waals surface area contributed by atoms with E-state index in [1.807, 2.05) is 22.6 Å². The molecule has 104 valence electrons. The lowest BCUT2D eigenvalue weighted by Crippen LogP contribution is -2.61. The van der Waals surface area contributed by atoms with Crippen molar-refractivity contribution in [3.8, 4) is 0 Å². The number of hydrogen-bond acceptors (Lipinski definition) is 2. The molecule has 1 aromatic carbocycles. The van der Waals surface area contributed by atoms with Gasteiger partial charge < -0.3 is 10.0 Å². The van der Waals surface area contributed by atoms with E-state index in [0.717, 1.165) is 12.1 Å². The van der Waals surface area contributed by atoms with Gasteiger partial charge in [-0.2, -0.15) is 13.2 Å². The Morgan fingerprint density at radius 1 is 1.42 bits per heavy atom. The van der Waals surface area contributed by atoms with Crippen LogP contribution in [-0.2, 0) is 6.18 Å². The highest BCUT2D eigenvalue weighted by Gasteiger charge is 2.40. The minimum absolute atomic E-state index is 0.0194. The molecule has 1 aliphatic heterocycles. The molecule has 0 atom stereocenters. The molecule has 3 nitrogen and oxygen atoms in total. The van der Waals surface area contributed by atoms with Crippen molar-refractivity contribution in [1.29, 1.82) is 0 Å². The number of carbonyl (C=O) groups is 1. The van der Waals surface area contributed by atoms with Crippen LogP contribution >= 0.6 is 22.6 Å². The molecule has 2 rings (SSSR count). The van der Waals surface area contributed by atoms with Crippen molar-refractivity contribution in [2.24, 2.45) is 0 Å². The fourth-order valence-electron chi connectivity index (χ4n) is 1.96. The molecular formula is C12H11F3INO2. The molecule has 1 N–H and O–H groups in total. The summed E-state index contributed by atoms with van der Waals surface area (Å²) in [6.07, 6.45) is -4.47. The summed E-state index contributed by atoms with van der Waals surface area (Å²) < 4.78 is 38.3. The summed E-state index contributed by atoms with van der Waals surface area (Å²) in [4.78, 5) is 13.4. The highest BCUT2D eigenvalue weighted by atomic mass is 127. The number of benzene rings is 1. The van der Waals surface area contributed by atoms with E-state index in [9.17, 15) is 23.1 Å². The van der Waals surface area contributed by atoms with Gasteiger partial charge in [-0.15, -0.1) is 0 Å². The van der Waals surface area contributed by atoms with E-state index in [2.05, 4.69) is 0 Å². The number of carbonyl (C=O) groups excluding carboxylic acids is 1. The zero-order valence-corrected chi connectivity index (χ0v) is 12.1. The third-order valence-electron chi connectivity index (χ3n) is 2.87. The van der Waals surface area contributed by atoms with E-state index in [1.54, 1.807) is 6.92 Å². The van der Waals surface area contributed by atoms with Gasteiger partial charge in [0, 0.05) is 3.57 Å². The molecule has 1 heterocycles. The number of alkyl halides is 3. The van der Waals surface area contributed by atoms with E-state index in [0.29, 0.717) is 3.57 Å². The second-order valence-corrected chi connectivity index (χ2v) is 6.01. The smallest absolute Gasteiger partial charge is 0.386 e. The predicted molar refractivity (Wildman–Crippen MR) is 70.7 cm³/mol. The van der Waals surface area contributed by atoms with Crippen LogP contribution < -0.4 is 0 Å². The van der Waals surface area contributed by atoms with Crippen LogP contribution in [0.4, 0.5) is 13.2 Å². The molecule has 0 saturated carbocycles. The van der Waals surface area contributed by atoms with E-state index >= 15 is 0 Å². The van der Waals surface area contributed by atoms with Gasteiger partial charge in [-0.1, -0.05) is 0 Å². The molecule has 0 radical (unpaired) electrons. The minimum atomic E-state index is -4.47. The molecule has 1 aromatic rings. The van der Waals surface area contributed by atoms with Crippen LogP contribution in [0.5, 0.6) is 0 Å². The van der Waals surface area contributed by atoms with Crippen LogP contribution in [0, 0.1) is 3.57 Å². The summed E-state index contributed by atoms with van der Waals surface area (Å²) in [7, 11) is 0. The Bertz CT molecular complexity index is 520. The lowest BCUT2D eigenvalue weighted by Gasteiger charge is -2.44. The first-order chi connectivity index (χ1) is 8.60. The Morgan fingerprint density at radius 2 is 2.00 bits per heavy atom. The summed E-state index contributed by atoms with van der Waals surface area (Å²) in [6.45, 7) is 1.85. The average molecular weight is 385 g/mol. The van der Waals surface area contributed by atoms with Crippen molar-refractivity contribution in [3.05, 3.63) is 32.9 Å². The standard InChI is InChI=1S/C12H11F3INO2/c1-11(19)5-17(6-11)10(18)8-4-7(12(13,14)15)2-3-9(8)16/h2-4,19H,5-6H2,1H3. The van der Waals surface area contributed by atoms with Crippen molar-refractivity contribution in [3.63, 3.8) is 0 Å². The Morgan fingerprint density at radius 3 is 2.47 bits per heavy atom. The monoisotopic (exact) mass is 385 g/mol. The first-order valence-corrected chi connectivity index (χ1v) is 6.56. The van der Waals surface area contributed by atoms with Crippen molar-refractivity contribution in [2.45, 2.75) is 18.7 Å². The fraction of sp³-hybridized carbons (Fsp3) is 0.417. The maximum absolute atomic E-state index is 12.6. The van der Waals surface area contributed by atoms with Gasteiger partial charge in [0.15, 0.2) is 0 Å². The quantitative estimate of drug-likeness (QED) is 0.755. The Hall–Kier alpha value is -0.830. The maximum atomic E-state index is 12.6. The second kappa shape index (κ2) is 4.62. The summed E-state index contributed by atoms with van der Waals surface area (Å²) in [5.41, 5.74) is -1.77. The molecular weight excluding hydrogens is 374 g/mol. The van der Waals surface area contributed by atoms with E-state index in [-0.39, 0.29) is 18.7 Å². The zero-order chi connectivity index (χ0) is 14.4. The first-order valence-electron chi connectivity index (χ1n) is 5.48. The number of likely N-dealkylation sites (tertiary alicyclic amines) is 1. The van der Waals surface area contributed by atoms with Gasteiger partial charge in [-0.05, 0) is 47.7 Å². The summed E-state index contributed by atoms with van der Waals surface area (Å²) in [6, 6.07) is 3.08. The molecule has 1 amide bonds. The maximum Gasteiger partial charge on any atom is 0.416 e. The van der Waals surface area contributed by atoms with Crippen molar-refractivity contribution in [1.82, 2.24) is 4.90 Å². The van der Waals surface area contributed by atoms with Crippen LogP contribution in [0.2, 0.25) is 0 Å². The molecule has 0 aromatic heterocycles. The molecule has 19 heavy (non-hydrogen) atoms. The van der Waals surface area contributed by atoms with Crippen molar-refractivity contribution in [2.75, 3.05) is 13.1 Å². The summed E-state index contributed by atoms with van der Waals surface area (Å²) in [5.74, 6) is -0.484. The molecule has 1 saturated heterocycles. The lowest BCUT2D eigenvalue weighted by atomic mass is 9.95. The largest absolute Gasteiger partial charge is 0.416 e. The van der Waals surface area contributed by atoms with Gasteiger partial charge in [-0.3, -0.25) is 4.79 Å². The van der Waals surface area contributed by atoms with Gasteiger partial charge in [-0.25, -0.2) is 0 Å². The Kier molecular flexibility index (Phi) is 3.54. The van der Waals surface area contributed by atoms with Crippen LogP contribution in [-0.4, -0.2) is 34.6 Å². The predicted octanol–water partition coefficient (Wildman–Crippen LogP) is 2.52. The van der Waals surface area contributed by atoms with Gasteiger partial charge >= 0.3 is 6.18 Å². The third-order valence-corrected chi connectivity index (χ3v) is 3.81. The number of rotatable bonds is 1. The molecule has 1 fully saturated rings. The van der Waals surface area contributed by atoms with Crippen molar-refractivity contribution >= 4 is 28.5 Å². The number of β-amino-alcohol motifs (C(OH)–C–C–N with tert-alkyl or cyclic N) is 1. The SMILES string of the molecule is CC1(O)CN(C(=O)c2cc(C(F)(F)F)ccc2I)C1. The highest BCUT2D eigenvalue weighted by molar-refractivity contribution is 14.1. The number of amides is 1. The van der Waals surface area contributed by atoms with Gasteiger partial charge in [0.1, 0.15) is 0 Å². The van der Waals surface area contributed by atoms with Crippen LogP contribution in [0.1, 0.15) is 22.8 Å². The van der Waals surface area contributed by atoms with Gasteiger partial charge in [0.2, 0.25) is 0 Å². The molecule has 1 aliphatic rings. The van der Waals surface area contributed by atoms with Gasteiger partial charge in [0.05, 0.1) is 29.8 Å². The number of aliphatic hydroxyl groups is 1. The van der Waals surface area contributed by atoms with Crippen LogP contribution in [0.3, 0.4) is 0 Å². The van der Waals surface area contributed by atoms with Gasteiger partial charge in [0.25, 0.3) is 5.91 Å². The third kappa shape index (κ3) is 3.02. The van der Waals surface area contributed by atoms with Crippen molar-refractivity contribution < 1.29 is 23.1 Å². The molecule has 0 bridgehead atoms. The molecule has 0 aliphatic carbocycles. The van der Waals surface area contributed by atoms with Crippen LogP contribution in [0.15, 0.2) is 18.2 Å². The zero-order valence-electron chi connectivity index (χ0n) is 9.96. The normalized spacial score (nSPS) is 18.1. The van der Waals surface area contributed by atoms with Crippen LogP contribution in [0.25, 0.3) is 0 Å². The lowest BCUT2D eigenvalue weighted by molar-refractivity contribution is -0.137. The van der Waals surface area contributed by atoms with E-state index in [4.69, 9.17) is 0 Å². The molecule has 0 spiro atoms. The fourth-order valence-corrected chi connectivity index (χ4v) is 2.52. The Balaban J connectivity index is 2.27. The number of halogens is 4. The summed E-state index contributed by atoms with van der Waals surface area (Å²) in [5, 5.41) is 9.56. The van der Waals surface area contributed by atoms with E-state index in [1.165, 1.54) is 11.0 Å². The average Bonchev–Trinajstić information content (AvgIpc) is 2.23. The summed E-state index contributed by atoms with van der Waals surface area (Å²) >= 11 is 1.83. The number of hydrogen-bond donors (Lipinski definition) is 1.